The number of nitrogens with one attached hydrogen (secondary N) is 1. The standard InChI is InChI=1S/C8H10ClN3O2S/c9-7-3-4-8(11-10-7)12-15(13,14)5-6-1-2-6/h3-4,6H,1-2,5H2,(H,11,12). The normalized spacial score (nSPS) is 16.3. The van der Waals surface area contributed by atoms with E-state index in [0.717, 1.165) is 12.8 Å². The van der Waals surface area contributed by atoms with Crippen molar-refractivity contribution in [3.05, 3.63) is 17.3 Å². The molecule has 0 atom stereocenters. The largest absolute Gasteiger partial charge is 0.266 e. The Balaban J connectivity index is 2.03. The van der Waals surface area contributed by atoms with Crippen LogP contribution in [0, 0.1) is 5.92 Å². The van der Waals surface area contributed by atoms with Crippen LogP contribution >= 0.6 is 11.6 Å². The summed E-state index contributed by atoms with van der Waals surface area (Å²) in [6.45, 7) is 0. The van der Waals surface area contributed by atoms with Crippen LogP contribution in [-0.4, -0.2) is 24.4 Å². The van der Waals surface area contributed by atoms with Crippen molar-refractivity contribution in [3.8, 4) is 0 Å². The summed E-state index contributed by atoms with van der Waals surface area (Å²) in [5, 5.41) is 7.40. The zero-order chi connectivity index (χ0) is 10.9. The van der Waals surface area contributed by atoms with Crippen molar-refractivity contribution in [3.63, 3.8) is 0 Å². The molecule has 0 saturated heterocycles. The van der Waals surface area contributed by atoms with Crippen LogP contribution in [0.15, 0.2) is 12.1 Å². The average molecular weight is 248 g/mol. The number of nitrogens with zero attached hydrogens (tertiary/aromatic N) is 2. The fraction of sp³-hybridized carbons (Fsp3) is 0.500. The van der Waals surface area contributed by atoms with E-state index in [1.165, 1.54) is 12.1 Å². The average Bonchev–Trinajstić information content (AvgIpc) is 2.91. The third-order valence-electron chi connectivity index (χ3n) is 2.04. The van der Waals surface area contributed by atoms with E-state index in [2.05, 4.69) is 14.9 Å². The molecule has 7 heteroatoms. The van der Waals surface area contributed by atoms with Crippen molar-refractivity contribution in [2.75, 3.05) is 10.5 Å². The van der Waals surface area contributed by atoms with Crippen LogP contribution in [0.5, 0.6) is 0 Å². The second-order valence-corrected chi connectivity index (χ2v) is 5.72. The minimum atomic E-state index is -3.28. The molecule has 82 valence electrons. The Bertz CT molecular complexity index is 441. The number of halogens is 1. The summed E-state index contributed by atoms with van der Waals surface area (Å²) >= 11 is 5.53. The Kier molecular flexibility index (Phi) is 2.79. The first-order valence-corrected chi connectivity index (χ1v) is 6.58. The van der Waals surface area contributed by atoms with Crippen molar-refractivity contribution < 1.29 is 8.42 Å². The van der Waals surface area contributed by atoms with Crippen LogP contribution in [0.2, 0.25) is 5.15 Å². The SMILES string of the molecule is O=S(=O)(CC1CC1)Nc1ccc(Cl)nn1. The molecular weight excluding hydrogens is 238 g/mol. The van der Waals surface area contributed by atoms with Gasteiger partial charge in [-0.1, -0.05) is 11.6 Å². The zero-order valence-corrected chi connectivity index (χ0v) is 9.42. The van der Waals surface area contributed by atoms with Crippen molar-refractivity contribution in [1.82, 2.24) is 10.2 Å². The molecule has 15 heavy (non-hydrogen) atoms. The van der Waals surface area contributed by atoms with Crippen LogP contribution in [-0.2, 0) is 10.0 Å². The molecule has 5 nitrogen and oxygen atoms in total. The van der Waals surface area contributed by atoms with Crippen LogP contribution in [0.4, 0.5) is 5.82 Å². The predicted molar refractivity (Wildman–Crippen MR) is 57.2 cm³/mol. The van der Waals surface area contributed by atoms with E-state index >= 15 is 0 Å². The van der Waals surface area contributed by atoms with E-state index < -0.39 is 10.0 Å². The minimum absolute atomic E-state index is 0.164. The van der Waals surface area contributed by atoms with Crippen molar-refractivity contribution >= 4 is 27.4 Å². The summed E-state index contributed by atoms with van der Waals surface area (Å²) in [7, 11) is -3.28. The van der Waals surface area contributed by atoms with E-state index in [9.17, 15) is 8.42 Å². The number of rotatable bonds is 4. The molecule has 2 rings (SSSR count). The molecule has 1 aliphatic carbocycles. The second-order valence-electron chi connectivity index (χ2n) is 3.57. The molecular formula is C8H10ClN3O2S. The Hall–Kier alpha value is -0.880. The lowest BCUT2D eigenvalue weighted by molar-refractivity contribution is 0.597. The van der Waals surface area contributed by atoms with E-state index in [1.807, 2.05) is 0 Å². The highest BCUT2D eigenvalue weighted by Crippen LogP contribution is 2.30. The molecule has 1 aliphatic rings. The summed E-state index contributed by atoms with van der Waals surface area (Å²) in [6.07, 6.45) is 1.99. The second kappa shape index (κ2) is 3.94. The maximum atomic E-state index is 11.5. The molecule has 0 aliphatic heterocycles. The lowest BCUT2D eigenvalue weighted by Crippen LogP contribution is -2.18. The topological polar surface area (TPSA) is 72.0 Å². The van der Waals surface area contributed by atoms with E-state index in [4.69, 9.17) is 11.6 Å². The molecule has 1 saturated carbocycles. The Morgan fingerprint density at radius 2 is 2.13 bits per heavy atom. The molecule has 1 fully saturated rings. The molecule has 0 bridgehead atoms. The van der Waals surface area contributed by atoms with Crippen LogP contribution in [0.3, 0.4) is 0 Å². The van der Waals surface area contributed by atoms with Gasteiger partial charge < -0.3 is 0 Å². The van der Waals surface area contributed by atoms with Gasteiger partial charge in [0.15, 0.2) is 11.0 Å². The molecule has 0 unspecified atom stereocenters. The van der Waals surface area contributed by atoms with Crippen molar-refractivity contribution in [2.45, 2.75) is 12.8 Å². The Morgan fingerprint density at radius 3 is 2.67 bits per heavy atom. The minimum Gasteiger partial charge on any atom is -0.266 e. The lowest BCUT2D eigenvalue weighted by atomic mass is 10.5. The molecule has 0 amide bonds. The third kappa shape index (κ3) is 3.32. The van der Waals surface area contributed by atoms with Gasteiger partial charge in [-0.05, 0) is 30.9 Å². The fourth-order valence-corrected chi connectivity index (χ4v) is 2.73. The zero-order valence-electron chi connectivity index (χ0n) is 7.85. The number of sulfonamides is 1. The number of hydrogen-bond acceptors (Lipinski definition) is 4. The van der Waals surface area contributed by atoms with Gasteiger partial charge in [-0.25, -0.2) is 8.42 Å². The van der Waals surface area contributed by atoms with Gasteiger partial charge in [0, 0.05) is 0 Å². The van der Waals surface area contributed by atoms with Crippen LogP contribution < -0.4 is 4.72 Å². The molecule has 0 radical (unpaired) electrons. The molecule has 0 spiro atoms. The summed E-state index contributed by atoms with van der Waals surface area (Å²) in [5.41, 5.74) is 0. The number of hydrogen-bond donors (Lipinski definition) is 1. The van der Waals surface area contributed by atoms with Crippen LogP contribution in [0.1, 0.15) is 12.8 Å². The number of aromatic nitrogens is 2. The highest BCUT2D eigenvalue weighted by Gasteiger charge is 2.28. The molecule has 1 heterocycles. The smallest absolute Gasteiger partial charge is 0.234 e. The quantitative estimate of drug-likeness (QED) is 0.870. The highest BCUT2D eigenvalue weighted by molar-refractivity contribution is 7.92. The fourth-order valence-electron chi connectivity index (χ4n) is 1.17. The van der Waals surface area contributed by atoms with E-state index in [0.29, 0.717) is 5.92 Å². The molecule has 1 N–H and O–H groups in total. The maximum absolute atomic E-state index is 11.5. The van der Waals surface area contributed by atoms with Gasteiger partial charge in [-0.3, -0.25) is 4.72 Å². The van der Waals surface area contributed by atoms with Gasteiger partial charge in [0.1, 0.15) is 0 Å². The van der Waals surface area contributed by atoms with E-state index in [-0.39, 0.29) is 16.7 Å². The molecule has 0 aromatic carbocycles. The Morgan fingerprint density at radius 1 is 1.40 bits per heavy atom. The summed E-state index contributed by atoms with van der Waals surface area (Å²) < 4.78 is 25.4. The Labute approximate surface area is 92.9 Å². The van der Waals surface area contributed by atoms with Gasteiger partial charge in [-0.15, -0.1) is 10.2 Å². The first-order valence-electron chi connectivity index (χ1n) is 4.55. The van der Waals surface area contributed by atoms with Gasteiger partial charge in [-0.2, -0.15) is 0 Å². The van der Waals surface area contributed by atoms with Gasteiger partial charge in [0.25, 0.3) is 0 Å². The van der Waals surface area contributed by atoms with E-state index in [1.54, 1.807) is 0 Å². The molecule has 1 aromatic rings. The third-order valence-corrected chi connectivity index (χ3v) is 3.68. The lowest BCUT2D eigenvalue weighted by Gasteiger charge is -2.05. The first kappa shape index (κ1) is 10.6. The predicted octanol–water partition coefficient (Wildman–Crippen LogP) is 1.28. The van der Waals surface area contributed by atoms with Gasteiger partial charge in [0.2, 0.25) is 10.0 Å². The summed E-state index contributed by atoms with van der Waals surface area (Å²) in [5.74, 6) is 0.680. The summed E-state index contributed by atoms with van der Waals surface area (Å²) in [4.78, 5) is 0. The monoisotopic (exact) mass is 247 g/mol. The maximum Gasteiger partial charge on any atom is 0.234 e. The highest BCUT2D eigenvalue weighted by atomic mass is 35.5. The first-order chi connectivity index (χ1) is 7.05. The van der Waals surface area contributed by atoms with Crippen LogP contribution in [0.25, 0.3) is 0 Å². The number of anilines is 1. The summed E-state index contributed by atoms with van der Waals surface area (Å²) in [6, 6.07) is 2.98. The van der Waals surface area contributed by atoms with Gasteiger partial charge >= 0.3 is 0 Å². The van der Waals surface area contributed by atoms with Gasteiger partial charge in [0.05, 0.1) is 5.75 Å². The van der Waals surface area contributed by atoms with Crippen molar-refractivity contribution in [2.24, 2.45) is 5.92 Å². The molecule has 1 aromatic heterocycles. The van der Waals surface area contributed by atoms with Crippen molar-refractivity contribution in [1.29, 1.82) is 0 Å².